The number of aromatic nitrogens is 2. The first-order chi connectivity index (χ1) is 12.2. The first kappa shape index (κ1) is 18.4. The summed E-state index contributed by atoms with van der Waals surface area (Å²) in [7, 11) is 0. The smallest absolute Gasteiger partial charge is 0.393 e. The van der Waals surface area contributed by atoms with E-state index in [2.05, 4.69) is 15.5 Å². The Hall–Kier alpha value is -2.36. The minimum absolute atomic E-state index is 0.0152. The highest BCUT2D eigenvalue weighted by Gasteiger charge is 2.41. The third-order valence-electron chi connectivity index (χ3n) is 4.59. The lowest BCUT2D eigenvalue weighted by atomic mass is 9.97. The SMILES string of the molecule is Cc1n[nH]c(=O)c2c(NC(=O)CN3CCC[C@H](C(F)(F)F)C3)oc(C)c12. The number of nitrogens with one attached hydrogen (secondary N) is 2. The van der Waals surface area contributed by atoms with E-state index < -0.39 is 23.6 Å². The molecule has 1 aliphatic rings. The van der Waals surface area contributed by atoms with E-state index in [4.69, 9.17) is 4.42 Å². The monoisotopic (exact) mass is 372 g/mol. The highest BCUT2D eigenvalue weighted by atomic mass is 19.4. The molecule has 1 amide bonds. The van der Waals surface area contributed by atoms with Crippen molar-refractivity contribution in [2.24, 2.45) is 5.92 Å². The van der Waals surface area contributed by atoms with E-state index in [9.17, 15) is 22.8 Å². The fourth-order valence-electron chi connectivity index (χ4n) is 3.37. The third kappa shape index (κ3) is 3.59. The Kier molecular flexibility index (Phi) is 4.78. The number of furan rings is 1. The van der Waals surface area contributed by atoms with Gasteiger partial charge in [-0.25, -0.2) is 5.10 Å². The molecule has 0 aliphatic carbocycles. The van der Waals surface area contributed by atoms with Crippen LogP contribution in [0.4, 0.5) is 19.1 Å². The summed E-state index contributed by atoms with van der Waals surface area (Å²) in [5.74, 6) is -1.54. The van der Waals surface area contributed by atoms with Crippen molar-refractivity contribution < 1.29 is 22.4 Å². The number of rotatable bonds is 3. The molecule has 0 spiro atoms. The van der Waals surface area contributed by atoms with E-state index in [0.717, 1.165) is 0 Å². The second-order valence-electron chi connectivity index (χ2n) is 6.54. The maximum Gasteiger partial charge on any atom is 0.393 e. The van der Waals surface area contributed by atoms with Crippen LogP contribution in [0, 0.1) is 19.8 Å². The quantitative estimate of drug-likeness (QED) is 0.863. The summed E-state index contributed by atoms with van der Waals surface area (Å²) in [6.07, 6.45) is -3.81. The van der Waals surface area contributed by atoms with Crippen molar-refractivity contribution in [1.82, 2.24) is 15.1 Å². The topological polar surface area (TPSA) is 91.2 Å². The van der Waals surface area contributed by atoms with Gasteiger partial charge < -0.3 is 4.42 Å². The minimum Gasteiger partial charge on any atom is -0.444 e. The average molecular weight is 372 g/mol. The summed E-state index contributed by atoms with van der Waals surface area (Å²) in [6, 6.07) is 0. The number of alkyl halides is 3. The van der Waals surface area contributed by atoms with Crippen molar-refractivity contribution in [3.63, 3.8) is 0 Å². The molecule has 0 bridgehead atoms. The molecule has 2 N–H and O–H groups in total. The molecule has 0 aromatic carbocycles. The predicted octanol–water partition coefficient (Wildman–Crippen LogP) is 2.35. The Morgan fingerprint density at radius 1 is 1.38 bits per heavy atom. The number of fused-ring (bicyclic) bond motifs is 1. The summed E-state index contributed by atoms with van der Waals surface area (Å²) in [5, 5.41) is 9.37. The summed E-state index contributed by atoms with van der Waals surface area (Å²) >= 11 is 0. The zero-order chi connectivity index (χ0) is 19.1. The number of H-pyrrole nitrogens is 1. The van der Waals surface area contributed by atoms with Gasteiger partial charge in [-0.3, -0.25) is 19.8 Å². The fraction of sp³-hybridized carbons (Fsp3) is 0.562. The number of likely N-dealkylation sites (tertiary alicyclic amines) is 1. The Labute approximate surface area is 146 Å². The van der Waals surface area contributed by atoms with Crippen LogP contribution >= 0.6 is 0 Å². The number of anilines is 1. The molecule has 10 heteroatoms. The molecule has 1 atom stereocenters. The molecular formula is C16H19F3N4O3. The molecule has 3 rings (SSSR count). The van der Waals surface area contributed by atoms with Gasteiger partial charge in [0.2, 0.25) is 11.8 Å². The lowest BCUT2D eigenvalue weighted by molar-refractivity contribution is -0.186. The normalized spacial score (nSPS) is 19.0. The fourth-order valence-corrected chi connectivity index (χ4v) is 3.37. The molecule has 1 saturated heterocycles. The molecule has 142 valence electrons. The van der Waals surface area contributed by atoms with Gasteiger partial charge in [-0.1, -0.05) is 0 Å². The lowest BCUT2D eigenvalue weighted by Gasteiger charge is -2.33. The van der Waals surface area contributed by atoms with E-state index in [0.29, 0.717) is 29.8 Å². The molecular weight excluding hydrogens is 353 g/mol. The third-order valence-corrected chi connectivity index (χ3v) is 4.59. The van der Waals surface area contributed by atoms with Crippen LogP contribution in [-0.2, 0) is 4.79 Å². The second kappa shape index (κ2) is 6.75. The summed E-state index contributed by atoms with van der Waals surface area (Å²) in [6.45, 7) is 3.35. The van der Waals surface area contributed by atoms with Crippen LogP contribution in [-0.4, -0.2) is 46.8 Å². The first-order valence-electron chi connectivity index (χ1n) is 8.24. The molecule has 26 heavy (non-hydrogen) atoms. The van der Waals surface area contributed by atoms with Crippen molar-refractivity contribution in [3.05, 3.63) is 21.8 Å². The van der Waals surface area contributed by atoms with Crippen molar-refractivity contribution >= 4 is 22.6 Å². The van der Waals surface area contributed by atoms with Gasteiger partial charge in [-0.15, -0.1) is 0 Å². The Bertz CT molecular complexity index is 887. The number of nitrogens with zero attached hydrogens (tertiary/aromatic N) is 2. The highest BCUT2D eigenvalue weighted by Crippen LogP contribution is 2.33. The molecule has 0 unspecified atom stereocenters. The minimum atomic E-state index is -4.26. The van der Waals surface area contributed by atoms with E-state index in [1.165, 1.54) is 4.90 Å². The van der Waals surface area contributed by atoms with Gasteiger partial charge in [0.05, 0.1) is 23.5 Å². The van der Waals surface area contributed by atoms with Gasteiger partial charge in [-0.05, 0) is 33.2 Å². The summed E-state index contributed by atoms with van der Waals surface area (Å²) < 4.78 is 44.1. The standard InChI is InChI=1S/C16H19F3N4O3/c1-8-12-9(2)26-15(13(12)14(25)22-21-8)20-11(24)7-23-5-3-4-10(6-23)16(17,18)19/h10H,3-7H2,1-2H3,(H,20,24)(H,22,25)/t10-/m0/s1. The van der Waals surface area contributed by atoms with Gasteiger partial charge in [-0.2, -0.15) is 18.3 Å². The number of aromatic amines is 1. The van der Waals surface area contributed by atoms with Gasteiger partial charge in [0.15, 0.2) is 0 Å². The van der Waals surface area contributed by atoms with Crippen molar-refractivity contribution in [3.8, 4) is 0 Å². The van der Waals surface area contributed by atoms with E-state index in [-0.39, 0.29) is 30.8 Å². The van der Waals surface area contributed by atoms with Crippen molar-refractivity contribution in [1.29, 1.82) is 0 Å². The van der Waals surface area contributed by atoms with Crippen LogP contribution in [0.3, 0.4) is 0 Å². The molecule has 0 radical (unpaired) electrons. The Balaban J connectivity index is 1.74. The van der Waals surface area contributed by atoms with Crippen molar-refractivity contribution in [2.45, 2.75) is 32.9 Å². The Morgan fingerprint density at radius 2 is 2.12 bits per heavy atom. The summed E-state index contributed by atoms with van der Waals surface area (Å²) in [5.41, 5.74) is 0.0401. The van der Waals surface area contributed by atoms with Crippen LogP contribution < -0.4 is 10.9 Å². The van der Waals surface area contributed by atoms with Crippen LogP contribution in [0.1, 0.15) is 24.3 Å². The number of aryl methyl sites for hydroxylation is 2. The van der Waals surface area contributed by atoms with Crippen LogP contribution in [0.5, 0.6) is 0 Å². The maximum absolute atomic E-state index is 12.9. The zero-order valence-corrected chi connectivity index (χ0v) is 14.4. The molecule has 7 nitrogen and oxygen atoms in total. The molecule has 1 fully saturated rings. The second-order valence-corrected chi connectivity index (χ2v) is 6.54. The van der Waals surface area contributed by atoms with E-state index in [1.807, 2.05) is 0 Å². The van der Waals surface area contributed by atoms with Gasteiger partial charge >= 0.3 is 6.18 Å². The number of piperidine rings is 1. The number of halogens is 3. The molecule has 1 aliphatic heterocycles. The van der Waals surface area contributed by atoms with Crippen LogP contribution in [0.25, 0.3) is 10.8 Å². The zero-order valence-electron chi connectivity index (χ0n) is 14.4. The summed E-state index contributed by atoms with van der Waals surface area (Å²) in [4.78, 5) is 25.8. The Morgan fingerprint density at radius 3 is 2.81 bits per heavy atom. The van der Waals surface area contributed by atoms with Gasteiger partial charge in [0, 0.05) is 6.54 Å². The largest absolute Gasteiger partial charge is 0.444 e. The lowest BCUT2D eigenvalue weighted by Crippen LogP contribution is -2.44. The molecule has 2 aromatic rings. The highest BCUT2D eigenvalue weighted by molar-refractivity contribution is 6.01. The van der Waals surface area contributed by atoms with Gasteiger partial charge in [0.25, 0.3) is 5.56 Å². The number of carbonyl (C=O) groups excluding carboxylic acids is 1. The molecule has 2 aromatic heterocycles. The van der Waals surface area contributed by atoms with Crippen LogP contribution in [0.2, 0.25) is 0 Å². The first-order valence-corrected chi connectivity index (χ1v) is 8.24. The number of carbonyl (C=O) groups is 1. The average Bonchev–Trinajstić information content (AvgIpc) is 2.88. The van der Waals surface area contributed by atoms with Crippen LogP contribution in [0.15, 0.2) is 9.21 Å². The predicted molar refractivity (Wildman–Crippen MR) is 88.0 cm³/mol. The number of amides is 1. The van der Waals surface area contributed by atoms with Crippen molar-refractivity contribution in [2.75, 3.05) is 25.0 Å². The van der Waals surface area contributed by atoms with Gasteiger partial charge in [0.1, 0.15) is 11.1 Å². The molecule has 0 saturated carbocycles. The maximum atomic E-state index is 12.9. The van der Waals surface area contributed by atoms with E-state index in [1.54, 1.807) is 13.8 Å². The number of hydrogen-bond acceptors (Lipinski definition) is 5. The molecule has 3 heterocycles. The number of hydrogen-bond donors (Lipinski definition) is 2. The van der Waals surface area contributed by atoms with E-state index >= 15 is 0 Å².